The van der Waals surface area contributed by atoms with Gasteiger partial charge >= 0.3 is 0 Å². The Morgan fingerprint density at radius 3 is 2.50 bits per heavy atom. The van der Waals surface area contributed by atoms with E-state index < -0.39 is 0 Å². The van der Waals surface area contributed by atoms with E-state index in [1.165, 1.54) is 0 Å². The van der Waals surface area contributed by atoms with Gasteiger partial charge in [0.25, 0.3) is 0 Å². The lowest BCUT2D eigenvalue weighted by Gasteiger charge is -2.23. The van der Waals surface area contributed by atoms with Crippen LogP contribution in [0.15, 0.2) is 18.2 Å². The SMILES string of the molecule is CCCC(C)Oc1c(CNC(C)(C)C)cccc1OC. The topological polar surface area (TPSA) is 30.5 Å². The highest BCUT2D eigenvalue weighted by molar-refractivity contribution is 5.46. The molecule has 0 aromatic heterocycles. The van der Waals surface area contributed by atoms with Crippen molar-refractivity contribution in [2.45, 2.75) is 65.6 Å². The van der Waals surface area contributed by atoms with Gasteiger partial charge in [0.05, 0.1) is 13.2 Å². The Bertz CT molecular complexity index is 410. The Balaban J connectivity index is 2.92. The summed E-state index contributed by atoms with van der Waals surface area (Å²) >= 11 is 0. The van der Waals surface area contributed by atoms with Crippen molar-refractivity contribution >= 4 is 0 Å². The van der Waals surface area contributed by atoms with Gasteiger partial charge < -0.3 is 14.8 Å². The van der Waals surface area contributed by atoms with Crippen LogP contribution in [0.5, 0.6) is 11.5 Å². The second-order valence-corrected chi connectivity index (χ2v) is 6.27. The van der Waals surface area contributed by atoms with Crippen LogP contribution in [0.25, 0.3) is 0 Å². The van der Waals surface area contributed by atoms with Gasteiger partial charge in [-0.25, -0.2) is 0 Å². The number of benzene rings is 1. The summed E-state index contributed by atoms with van der Waals surface area (Å²) in [7, 11) is 1.69. The molecule has 1 unspecified atom stereocenters. The van der Waals surface area contributed by atoms with Crippen molar-refractivity contribution in [3.05, 3.63) is 23.8 Å². The van der Waals surface area contributed by atoms with Crippen molar-refractivity contribution in [3.8, 4) is 11.5 Å². The smallest absolute Gasteiger partial charge is 0.166 e. The molecule has 0 spiro atoms. The van der Waals surface area contributed by atoms with Crippen molar-refractivity contribution < 1.29 is 9.47 Å². The van der Waals surface area contributed by atoms with Crippen LogP contribution in [0.4, 0.5) is 0 Å². The van der Waals surface area contributed by atoms with Gasteiger partial charge in [-0.05, 0) is 40.2 Å². The van der Waals surface area contributed by atoms with Crippen LogP contribution in [0.3, 0.4) is 0 Å². The van der Waals surface area contributed by atoms with Gasteiger partial charge in [0.1, 0.15) is 0 Å². The predicted molar refractivity (Wildman–Crippen MR) is 84.6 cm³/mol. The molecule has 0 fully saturated rings. The first kappa shape index (κ1) is 16.8. The Morgan fingerprint density at radius 1 is 1.25 bits per heavy atom. The predicted octanol–water partition coefficient (Wildman–Crippen LogP) is 4.15. The molecule has 1 N–H and O–H groups in total. The number of hydrogen-bond acceptors (Lipinski definition) is 3. The van der Waals surface area contributed by atoms with Crippen LogP contribution in [0.1, 0.15) is 53.0 Å². The average molecular weight is 279 g/mol. The quantitative estimate of drug-likeness (QED) is 0.813. The van der Waals surface area contributed by atoms with E-state index in [4.69, 9.17) is 9.47 Å². The average Bonchev–Trinajstić information content (AvgIpc) is 2.36. The molecule has 0 aliphatic carbocycles. The Hall–Kier alpha value is -1.22. The van der Waals surface area contributed by atoms with E-state index in [2.05, 4.69) is 46.0 Å². The van der Waals surface area contributed by atoms with E-state index in [1.807, 2.05) is 12.1 Å². The molecule has 0 heterocycles. The number of hydrogen-bond donors (Lipinski definition) is 1. The summed E-state index contributed by atoms with van der Waals surface area (Å²) in [6.45, 7) is 11.5. The third-order valence-corrected chi connectivity index (χ3v) is 3.10. The molecule has 3 heteroatoms. The van der Waals surface area contributed by atoms with E-state index in [1.54, 1.807) is 7.11 Å². The molecule has 114 valence electrons. The maximum Gasteiger partial charge on any atom is 0.166 e. The summed E-state index contributed by atoms with van der Waals surface area (Å²) in [5.41, 5.74) is 1.22. The van der Waals surface area contributed by atoms with Gasteiger partial charge in [-0.3, -0.25) is 0 Å². The molecule has 0 aliphatic rings. The zero-order valence-electron chi connectivity index (χ0n) is 13.7. The summed E-state index contributed by atoms with van der Waals surface area (Å²) in [5, 5.41) is 3.50. The maximum atomic E-state index is 6.11. The Labute approximate surface area is 123 Å². The van der Waals surface area contributed by atoms with E-state index in [9.17, 15) is 0 Å². The van der Waals surface area contributed by atoms with Gasteiger partial charge in [-0.15, -0.1) is 0 Å². The van der Waals surface area contributed by atoms with Crippen molar-refractivity contribution in [3.63, 3.8) is 0 Å². The number of ether oxygens (including phenoxy) is 2. The number of para-hydroxylation sites is 1. The fraction of sp³-hybridized carbons (Fsp3) is 0.647. The highest BCUT2D eigenvalue weighted by Gasteiger charge is 2.16. The number of nitrogens with one attached hydrogen (secondary N) is 1. The zero-order chi connectivity index (χ0) is 15.2. The molecular formula is C17H29NO2. The second-order valence-electron chi connectivity index (χ2n) is 6.27. The van der Waals surface area contributed by atoms with Crippen LogP contribution < -0.4 is 14.8 Å². The van der Waals surface area contributed by atoms with Crippen LogP contribution >= 0.6 is 0 Å². The van der Waals surface area contributed by atoms with Crippen LogP contribution in [0.2, 0.25) is 0 Å². The largest absolute Gasteiger partial charge is 0.493 e. The third-order valence-electron chi connectivity index (χ3n) is 3.10. The van der Waals surface area contributed by atoms with Crippen LogP contribution in [-0.2, 0) is 6.54 Å². The van der Waals surface area contributed by atoms with Crippen molar-refractivity contribution in [1.82, 2.24) is 5.32 Å². The summed E-state index contributed by atoms with van der Waals surface area (Å²) < 4.78 is 11.6. The van der Waals surface area contributed by atoms with Gasteiger partial charge in [-0.2, -0.15) is 0 Å². The van der Waals surface area contributed by atoms with E-state index in [0.29, 0.717) is 0 Å². The molecule has 0 amide bonds. The normalized spacial score (nSPS) is 13.1. The first-order valence-corrected chi connectivity index (χ1v) is 7.45. The molecule has 1 atom stereocenters. The van der Waals surface area contributed by atoms with E-state index >= 15 is 0 Å². The zero-order valence-corrected chi connectivity index (χ0v) is 13.7. The minimum absolute atomic E-state index is 0.0788. The lowest BCUT2D eigenvalue weighted by molar-refractivity contribution is 0.198. The molecule has 0 saturated carbocycles. The van der Waals surface area contributed by atoms with Gasteiger partial charge in [0.2, 0.25) is 0 Å². The molecule has 1 aromatic carbocycles. The van der Waals surface area contributed by atoms with Crippen molar-refractivity contribution in [2.24, 2.45) is 0 Å². The van der Waals surface area contributed by atoms with Crippen molar-refractivity contribution in [1.29, 1.82) is 0 Å². The molecule has 3 nitrogen and oxygen atoms in total. The van der Waals surface area contributed by atoms with Gasteiger partial charge in [0.15, 0.2) is 11.5 Å². The summed E-state index contributed by atoms with van der Waals surface area (Å²) in [4.78, 5) is 0. The molecule has 1 rings (SSSR count). The summed E-state index contributed by atoms with van der Waals surface area (Å²) in [5.74, 6) is 1.67. The third kappa shape index (κ3) is 5.41. The van der Waals surface area contributed by atoms with E-state index in [-0.39, 0.29) is 11.6 Å². The minimum atomic E-state index is 0.0788. The fourth-order valence-electron chi connectivity index (χ4n) is 2.02. The number of methoxy groups -OCH3 is 1. The highest BCUT2D eigenvalue weighted by Crippen LogP contribution is 2.32. The molecule has 0 bridgehead atoms. The lowest BCUT2D eigenvalue weighted by Crippen LogP contribution is -2.35. The Kier molecular flexibility index (Phi) is 6.34. The lowest BCUT2D eigenvalue weighted by atomic mass is 10.1. The summed E-state index contributed by atoms with van der Waals surface area (Å²) in [6, 6.07) is 6.06. The number of rotatable bonds is 7. The Morgan fingerprint density at radius 2 is 1.95 bits per heavy atom. The summed E-state index contributed by atoms with van der Waals surface area (Å²) in [6.07, 6.45) is 2.36. The molecule has 0 aliphatic heterocycles. The minimum Gasteiger partial charge on any atom is -0.493 e. The first-order valence-electron chi connectivity index (χ1n) is 7.45. The van der Waals surface area contributed by atoms with E-state index in [0.717, 1.165) is 36.4 Å². The van der Waals surface area contributed by atoms with Gasteiger partial charge in [0, 0.05) is 17.6 Å². The molecule has 20 heavy (non-hydrogen) atoms. The monoisotopic (exact) mass is 279 g/mol. The standard InChI is InChI=1S/C17H29NO2/c1-7-9-13(2)20-16-14(12-18-17(3,4)5)10-8-11-15(16)19-6/h8,10-11,13,18H,7,9,12H2,1-6H3. The molecule has 0 radical (unpaired) electrons. The first-order chi connectivity index (χ1) is 9.37. The van der Waals surface area contributed by atoms with Crippen molar-refractivity contribution in [2.75, 3.05) is 7.11 Å². The fourth-order valence-corrected chi connectivity index (χ4v) is 2.02. The molecular weight excluding hydrogens is 250 g/mol. The molecule has 1 aromatic rings. The highest BCUT2D eigenvalue weighted by atomic mass is 16.5. The van der Waals surface area contributed by atoms with Crippen LogP contribution in [-0.4, -0.2) is 18.8 Å². The second kappa shape index (κ2) is 7.53. The molecule has 0 saturated heterocycles. The van der Waals surface area contributed by atoms with Crippen LogP contribution in [0, 0.1) is 0 Å². The van der Waals surface area contributed by atoms with Gasteiger partial charge in [-0.1, -0.05) is 25.5 Å². The maximum absolute atomic E-state index is 6.11.